The van der Waals surface area contributed by atoms with Crippen LogP contribution < -0.4 is 16.2 Å². The second-order valence-electron chi connectivity index (χ2n) is 7.95. The number of aromatic nitrogens is 1. The Labute approximate surface area is 204 Å². The summed E-state index contributed by atoms with van der Waals surface area (Å²) in [5.74, 6) is -1.55. The van der Waals surface area contributed by atoms with Crippen LogP contribution in [-0.2, 0) is 9.53 Å². The van der Waals surface area contributed by atoms with Gasteiger partial charge in [-0.15, -0.1) is 0 Å². The lowest BCUT2D eigenvalue weighted by Crippen LogP contribution is -2.45. The van der Waals surface area contributed by atoms with Crippen LogP contribution in [-0.4, -0.2) is 52.3 Å². The molecule has 0 bridgehead atoms. The lowest BCUT2D eigenvalue weighted by Gasteiger charge is -2.24. The maximum absolute atomic E-state index is 14.8. The van der Waals surface area contributed by atoms with Crippen molar-refractivity contribution in [3.63, 3.8) is 0 Å². The van der Waals surface area contributed by atoms with Crippen molar-refractivity contribution in [2.24, 2.45) is 0 Å². The Balaban J connectivity index is 1.50. The van der Waals surface area contributed by atoms with Crippen LogP contribution in [0.2, 0.25) is 5.02 Å². The van der Waals surface area contributed by atoms with Crippen molar-refractivity contribution in [2.75, 3.05) is 24.3 Å². The number of ether oxygens (including phenoxy) is 1. The summed E-state index contributed by atoms with van der Waals surface area (Å²) in [4.78, 5) is 39.3. The molecule has 1 fully saturated rings. The molecule has 9 nitrogen and oxygen atoms in total. The van der Waals surface area contributed by atoms with Gasteiger partial charge in [-0.3, -0.25) is 14.2 Å². The highest BCUT2D eigenvalue weighted by Gasteiger charge is 2.40. The molecule has 11 heteroatoms. The molecule has 0 spiro atoms. The van der Waals surface area contributed by atoms with Gasteiger partial charge in [0.1, 0.15) is 17.6 Å². The van der Waals surface area contributed by atoms with Crippen LogP contribution in [0.5, 0.6) is 5.75 Å². The Morgan fingerprint density at radius 3 is 2.51 bits per heavy atom. The number of methoxy groups -OCH3 is 1. The van der Waals surface area contributed by atoms with Gasteiger partial charge in [0.25, 0.3) is 5.56 Å². The lowest BCUT2D eigenvalue weighted by atomic mass is 10.1. The van der Waals surface area contributed by atoms with Crippen LogP contribution in [0.4, 0.5) is 20.6 Å². The zero-order chi connectivity index (χ0) is 25.1. The van der Waals surface area contributed by atoms with Gasteiger partial charge in [0.15, 0.2) is 0 Å². The molecule has 0 saturated carbocycles. The molecule has 1 aliphatic heterocycles. The maximum atomic E-state index is 14.8. The van der Waals surface area contributed by atoms with Crippen LogP contribution in [0.1, 0.15) is 6.42 Å². The summed E-state index contributed by atoms with van der Waals surface area (Å²) in [5.41, 5.74) is 0.0740. The molecular formula is C24H22ClFN4O5. The Bertz CT molecular complexity index is 1310. The van der Waals surface area contributed by atoms with E-state index in [0.29, 0.717) is 10.7 Å². The van der Waals surface area contributed by atoms with Gasteiger partial charge >= 0.3 is 6.03 Å². The quantitative estimate of drug-likeness (QED) is 0.495. The van der Waals surface area contributed by atoms with E-state index in [-0.39, 0.29) is 36.2 Å². The predicted molar refractivity (Wildman–Crippen MR) is 129 cm³/mol. The zero-order valence-electron chi connectivity index (χ0n) is 18.6. The van der Waals surface area contributed by atoms with E-state index in [0.717, 1.165) is 16.7 Å². The molecule has 2 heterocycles. The fourth-order valence-corrected chi connectivity index (χ4v) is 3.95. The summed E-state index contributed by atoms with van der Waals surface area (Å²) in [6.45, 7) is 0.180. The molecule has 0 aliphatic carbocycles. The number of aromatic hydroxyl groups is 1. The first-order valence-corrected chi connectivity index (χ1v) is 11.0. The monoisotopic (exact) mass is 500 g/mol. The number of amides is 3. The second kappa shape index (κ2) is 10.2. The molecule has 3 aromatic rings. The number of carbonyl (C=O) groups excluding carboxylic acids is 2. The third kappa shape index (κ3) is 5.44. The molecule has 35 heavy (non-hydrogen) atoms. The SMILES string of the molecule is CO[C@@H]1C[C@H](C(=O)Nc2ccc(-n3ccc(O)cc3=O)cc2F)N(C(=O)Nc2ccc(Cl)cc2)C1. The Hall–Kier alpha value is -3.89. The fraction of sp³-hybridized carbons (Fsp3) is 0.208. The number of anilines is 2. The Kier molecular flexibility index (Phi) is 7.04. The van der Waals surface area contributed by atoms with Crippen molar-refractivity contribution in [3.05, 3.63) is 82.0 Å². The molecule has 182 valence electrons. The second-order valence-corrected chi connectivity index (χ2v) is 8.38. The zero-order valence-corrected chi connectivity index (χ0v) is 19.3. The number of pyridine rings is 1. The lowest BCUT2D eigenvalue weighted by molar-refractivity contribution is -0.119. The van der Waals surface area contributed by atoms with E-state index in [1.807, 2.05) is 0 Å². The first-order valence-electron chi connectivity index (χ1n) is 10.6. The molecule has 2 aromatic carbocycles. The van der Waals surface area contributed by atoms with Crippen LogP contribution in [0.25, 0.3) is 5.69 Å². The van der Waals surface area contributed by atoms with Gasteiger partial charge in [0, 0.05) is 49.1 Å². The van der Waals surface area contributed by atoms with Crippen LogP contribution in [0.15, 0.2) is 65.6 Å². The minimum atomic E-state index is -0.897. The normalized spacial score (nSPS) is 17.3. The van der Waals surface area contributed by atoms with Crippen molar-refractivity contribution in [2.45, 2.75) is 18.6 Å². The van der Waals surface area contributed by atoms with E-state index in [1.54, 1.807) is 24.3 Å². The summed E-state index contributed by atoms with van der Waals surface area (Å²) in [6.07, 6.45) is 1.18. The highest BCUT2D eigenvalue weighted by molar-refractivity contribution is 6.30. The Morgan fingerprint density at radius 1 is 1.11 bits per heavy atom. The third-order valence-corrected chi connectivity index (χ3v) is 5.90. The van der Waals surface area contributed by atoms with Crippen molar-refractivity contribution in [3.8, 4) is 11.4 Å². The summed E-state index contributed by atoms with van der Waals surface area (Å²) >= 11 is 5.88. The average Bonchev–Trinajstić information content (AvgIpc) is 3.27. The molecule has 1 aromatic heterocycles. The molecule has 3 N–H and O–H groups in total. The van der Waals surface area contributed by atoms with E-state index in [2.05, 4.69) is 10.6 Å². The largest absolute Gasteiger partial charge is 0.508 e. The molecule has 0 unspecified atom stereocenters. The van der Waals surface area contributed by atoms with Crippen molar-refractivity contribution < 1.29 is 23.8 Å². The molecule has 3 amide bonds. The third-order valence-electron chi connectivity index (χ3n) is 5.65. The van der Waals surface area contributed by atoms with Crippen molar-refractivity contribution in [1.29, 1.82) is 0 Å². The minimum Gasteiger partial charge on any atom is -0.508 e. The number of hydrogen-bond donors (Lipinski definition) is 3. The molecule has 0 radical (unpaired) electrons. The topological polar surface area (TPSA) is 113 Å². The standard InChI is InChI=1S/C24H22ClFN4O5/c1-35-18-12-21(30(13-18)24(34)27-15-4-2-14(25)3-5-15)23(33)28-20-7-6-16(10-19(20)26)29-9-8-17(31)11-22(29)32/h2-11,18,21,31H,12-13H2,1H3,(H,27,34)(H,28,33)/t18-,21-/m1/s1. The predicted octanol–water partition coefficient (Wildman–Crippen LogP) is 3.60. The van der Waals surface area contributed by atoms with E-state index in [9.17, 15) is 23.9 Å². The van der Waals surface area contributed by atoms with E-state index in [1.165, 1.54) is 36.4 Å². The van der Waals surface area contributed by atoms with Crippen molar-refractivity contribution >= 4 is 34.9 Å². The van der Waals surface area contributed by atoms with Crippen LogP contribution in [0.3, 0.4) is 0 Å². The number of likely N-dealkylation sites (tertiary alicyclic amines) is 1. The smallest absolute Gasteiger partial charge is 0.322 e. The van der Waals surface area contributed by atoms with Crippen LogP contribution in [0, 0.1) is 5.82 Å². The van der Waals surface area contributed by atoms with Crippen molar-refractivity contribution in [1.82, 2.24) is 9.47 Å². The number of urea groups is 1. The number of carbonyl (C=O) groups is 2. The molecular weight excluding hydrogens is 479 g/mol. The molecule has 4 rings (SSSR count). The van der Waals surface area contributed by atoms with Crippen LogP contribution >= 0.6 is 11.6 Å². The van der Waals surface area contributed by atoms with Gasteiger partial charge in [-0.2, -0.15) is 0 Å². The van der Waals surface area contributed by atoms with Gasteiger partial charge in [0.2, 0.25) is 5.91 Å². The fourth-order valence-electron chi connectivity index (χ4n) is 3.82. The summed E-state index contributed by atoms with van der Waals surface area (Å²) in [6, 6.07) is 11.3. The number of hydrogen-bond acceptors (Lipinski definition) is 5. The highest BCUT2D eigenvalue weighted by Crippen LogP contribution is 2.25. The van der Waals surface area contributed by atoms with Gasteiger partial charge in [0.05, 0.1) is 17.5 Å². The van der Waals surface area contributed by atoms with E-state index < -0.39 is 29.4 Å². The van der Waals surface area contributed by atoms with Gasteiger partial charge in [-0.05, 0) is 42.5 Å². The number of nitrogens with one attached hydrogen (secondary N) is 2. The highest BCUT2D eigenvalue weighted by atomic mass is 35.5. The summed E-state index contributed by atoms with van der Waals surface area (Å²) in [5, 5.41) is 15.2. The maximum Gasteiger partial charge on any atom is 0.322 e. The van der Waals surface area contributed by atoms with Gasteiger partial charge in [-0.1, -0.05) is 11.6 Å². The number of halogens is 2. The first-order chi connectivity index (χ1) is 16.7. The summed E-state index contributed by atoms with van der Waals surface area (Å²) in [7, 11) is 1.49. The molecule has 1 saturated heterocycles. The number of rotatable bonds is 5. The first kappa shape index (κ1) is 24.2. The molecule has 2 atom stereocenters. The van der Waals surface area contributed by atoms with E-state index >= 15 is 0 Å². The number of benzene rings is 2. The number of nitrogens with zero attached hydrogens (tertiary/aromatic N) is 2. The Morgan fingerprint density at radius 2 is 1.86 bits per heavy atom. The van der Waals surface area contributed by atoms with Gasteiger partial charge in [-0.25, -0.2) is 9.18 Å². The van der Waals surface area contributed by atoms with E-state index in [4.69, 9.17) is 16.3 Å². The minimum absolute atomic E-state index is 0.107. The molecule has 1 aliphatic rings. The average molecular weight is 501 g/mol. The van der Waals surface area contributed by atoms with Gasteiger partial charge < -0.3 is 25.4 Å². The summed E-state index contributed by atoms with van der Waals surface area (Å²) < 4.78 is 21.3.